The first-order valence-electron chi connectivity index (χ1n) is 8.49. The Bertz CT molecular complexity index is 420. The van der Waals surface area contributed by atoms with Crippen LogP contribution in [0, 0.1) is 0 Å². The van der Waals surface area contributed by atoms with Crippen LogP contribution >= 0.6 is 0 Å². The van der Waals surface area contributed by atoms with E-state index in [2.05, 4.69) is 13.8 Å². The average Bonchev–Trinajstić information content (AvgIpc) is 2.54. The Morgan fingerprint density at radius 3 is 1.59 bits per heavy atom. The van der Waals surface area contributed by atoms with Gasteiger partial charge in [-0.1, -0.05) is 88.1 Å². The predicted octanol–water partition coefficient (Wildman–Crippen LogP) is 4.82. The average molecular weight is 302 g/mol. The number of hydrogen-bond acceptors (Lipinski definition) is 2. The smallest absolute Gasteiger partial charge is 0.0724 e. The van der Waals surface area contributed by atoms with Crippen LogP contribution in [0.25, 0.3) is 12.2 Å². The molecule has 2 nitrogen and oxygen atoms in total. The summed E-state index contributed by atoms with van der Waals surface area (Å²) in [4.78, 5) is 0. The molecule has 0 heterocycles. The second kappa shape index (κ2) is 11.2. The lowest BCUT2D eigenvalue weighted by atomic mass is 10.0. The molecule has 0 bridgehead atoms. The lowest BCUT2D eigenvalue weighted by Crippen LogP contribution is -2.01. The first-order chi connectivity index (χ1) is 10.7. The minimum Gasteiger partial charge on any atom is -0.389 e. The lowest BCUT2D eigenvalue weighted by Gasteiger charge is -2.06. The Hall–Kier alpha value is -1.38. The minimum atomic E-state index is -0.382. The number of benzene rings is 1. The Labute approximate surface area is 135 Å². The molecule has 122 valence electrons. The maximum absolute atomic E-state index is 9.90. The van der Waals surface area contributed by atoms with Crippen molar-refractivity contribution in [1.29, 1.82) is 0 Å². The van der Waals surface area contributed by atoms with E-state index in [9.17, 15) is 10.2 Å². The van der Waals surface area contributed by atoms with Crippen molar-refractivity contribution in [1.82, 2.24) is 0 Å². The summed E-state index contributed by atoms with van der Waals surface area (Å²) >= 11 is 0. The van der Waals surface area contributed by atoms with E-state index in [4.69, 9.17) is 0 Å². The van der Waals surface area contributed by atoms with Crippen molar-refractivity contribution in [2.45, 2.75) is 64.6 Å². The van der Waals surface area contributed by atoms with Gasteiger partial charge in [0.05, 0.1) is 12.2 Å². The SMILES string of the molecule is CCCCC(O)C=Cc1ccccc1C=CC(O)CCCC. The van der Waals surface area contributed by atoms with Gasteiger partial charge in [-0.05, 0) is 24.0 Å². The highest BCUT2D eigenvalue weighted by atomic mass is 16.3. The van der Waals surface area contributed by atoms with Gasteiger partial charge in [-0.2, -0.15) is 0 Å². The van der Waals surface area contributed by atoms with Gasteiger partial charge in [0.25, 0.3) is 0 Å². The molecular formula is C20H30O2. The van der Waals surface area contributed by atoms with Crippen molar-refractivity contribution in [3.05, 3.63) is 47.5 Å². The predicted molar refractivity (Wildman–Crippen MR) is 95.6 cm³/mol. The zero-order valence-electron chi connectivity index (χ0n) is 13.9. The molecule has 2 atom stereocenters. The molecule has 2 N–H and O–H groups in total. The Balaban J connectivity index is 2.69. The maximum atomic E-state index is 9.90. The quantitative estimate of drug-likeness (QED) is 0.651. The number of hydrogen-bond donors (Lipinski definition) is 2. The van der Waals surface area contributed by atoms with Crippen molar-refractivity contribution in [3.63, 3.8) is 0 Å². The van der Waals surface area contributed by atoms with E-state index in [1.807, 2.05) is 48.6 Å². The third kappa shape index (κ3) is 7.58. The molecule has 0 aliphatic carbocycles. The molecule has 2 unspecified atom stereocenters. The van der Waals surface area contributed by atoms with E-state index in [1.54, 1.807) is 0 Å². The van der Waals surface area contributed by atoms with Crippen molar-refractivity contribution >= 4 is 12.2 Å². The zero-order chi connectivity index (χ0) is 16.2. The minimum absolute atomic E-state index is 0.382. The summed E-state index contributed by atoms with van der Waals surface area (Å²) in [5, 5.41) is 19.8. The van der Waals surface area contributed by atoms with Crippen LogP contribution in [0.3, 0.4) is 0 Å². The highest BCUT2D eigenvalue weighted by Crippen LogP contribution is 2.15. The molecule has 1 aromatic carbocycles. The fraction of sp³-hybridized carbons (Fsp3) is 0.500. The zero-order valence-corrected chi connectivity index (χ0v) is 13.9. The normalized spacial score (nSPS) is 14.7. The van der Waals surface area contributed by atoms with Crippen LogP contribution in [0.4, 0.5) is 0 Å². The summed E-state index contributed by atoms with van der Waals surface area (Å²) in [6.45, 7) is 4.25. The fourth-order valence-electron chi connectivity index (χ4n) is 2.26. The summed E-state index contributed by atoms with van der Waals surface area (Å²) in [5.41, 5.74) is 2.13. The Morgan fingerprint density at radius 2 is 1.23 bits per heavy atom. The van der Waals surface area contributed by atoms with Gasteiger partial charge in [0.1, 0.15) is 0 Å². The summed E-state index contributed by atoms with van der Waals surface area (Å²) in [5.74, 6) is 0. The van der Waals surface area contributed by atoms with Gasteiger partial charge in [0.15, 0.2) is 0 Å². The van der Waals surface area contributed by atoms with Crippen molar-refractivity contribution in [2.24, 2.45) is 0 Å². The molecule has 2 heteroatoms. The summed E-state index contributed by atoms with van der Waals surface area (Å²) in [6.07, 6.45) is 12.8. The number of aliphatic hydroxyl groups excluding tert-OH is 2. The fourth-order valence-corrected chi connectivity index (χ4v) is 2.26. The molecule has 22 heavy (non-hydrogen) atoms. The van der Waals surface area contributed by atoms with Gasteiger partial charge < -0.3 is 10.2 Å². The number of aliphatic hydroxyl groups is 2. The number of unbranched alkanes of at least 4 members (excludes halogenated alkanes) is 2. The van der Waals surface area contributed by atoms with Crippen molar-refractivity contribution < 1.29 is 10.2 Å². The Morgan fingerprint density at radius 1 is 0.818 bits per heavy atom. The van der Waals surface area contributed by atoms with E-state index >= 15 is 0 Å². The highest BCUT2D eigenvalue weighted by molar-refractivity contribution is 5.65. The van der Waals surface area contributed by atoms with E-state index in [-0.39, 0.29) is 12.2 Å². The van der Waals surface area contributed by atoms with Crippen LogP contribution in [0.15, 0.2) is 36.4 Å². The molecule has 0 fully saturated rings. The topological polar surface area (TPSA) is 40.5 Å². The molecule has 0 aliphatic heterocycles. The lowest BCUT2D eigenvalue weighted by molar-refractivity contribution is 0.209. The molecule has 1 aromatic rings. The van der Waals surface area contributed by atoms with Crippen LogP contribution in [-0.4, -0.2) is 22.4 Å². The third-order valence-corrected chi connectivity index (χ3v) is 3.70. The maximum Gasteiger partial charge on any atom is 0.0724 e. The van der Waals surface area contributed by atoms with E-state index in [1.165, 1.54) is 0 Å². The molecule has 0 saturated heterocycles. The number of rotatable bonds is 10. The molecule has 0 saturated carbocycles. The molecule has 0 aliphatic rings. The van der Waals surface area contributed by atoms with Gasteiger partial charge >= 0.3 is 0 Å². The molecular weight excluding hydrogens is 272 g/mol. The van der Waals surface area contributed by atoms with Crippen molar-refractivity contribution in [2.75, 3.05) is 0 Å². The van der Waals surface area contributed by atoms with Gasteiger partial charge in [0, 0.05) is 0 Å². The third-order valence-electron chi connectivity index (χ3n) is 3.70. The van der Waals surface area contributed by atoms with E-state index < -0.39 is 0 Å². The summed E-state index contributed by atoms with van der Waals surface area (Å²) in [6, 6.07) is 8.04. The van der Waals surface area contributed by atoms with E-state index in [0.29, 0.717) is 0 Å². The first-order valence-corrected chi connectivity index (χ1v) is 8.49. The Kier molecular flexibility index (Phi) is 9.52. The van der Waals surface area contributed by atoms with Crippen LogP contribution in [0.1, 0.15) is 63.5 Å². The second-order valence-corrected chi connectivity index (χ2v) is 5.77. The van der Waals surface area contributed by atoms with E-state index in [0.717, 1.165) is 49.7 Å². The van der Waals surface area contributed by atoms with Gasteiger partial charge in [-0.15, -0.1) is 0 Å². The second-order valence-electron chi connectivity index (χ2n) is 5.77. The van der Waals surface area contributed by atoms with Gasteiger partial charge in [0.2, 0.25) is 0 Å². The molecule has 0 radical (unpaired) electrons. The largest absolute Gasteiger partial charge is 0.389 e. The first kappa shape index (κ1) is 18.7. The van der Waals surface area contributed by atoms with Crippen LogP contribution in [-0.2, 0) is 0 Å². The summed E-state index contributed by atoms with van der Waals surface area (Å²) < 4.78 is 0. The summed E-state index contributed by atoms with van der Waals surface area (Å²) in [7, 11) is 0. The molecule has 0 amide bonds. The van der Waals surface area contributed by atoms with Crippen LogP contribution in [0.2, 0.25) is 0 Å². The van der Waals surface area contributed by atoms with Crippen LogP contribution < -0.4 is 0 Å². The van der Waals surface area contributed by atoms with Crippen molar-refractivity contribution in [3.8, 4) is 0 Å². The van der Waals surface area contributed by atoms with Crippen LogP contribution in [0.5, 0.6) is 0 Å². The molecule has 0 aromatic heterocycles. The molecule has 1 rings (SSSR count). The van der Waals surface area contributed by atoms with Gasteiger partial charge in [-0.3, -0.25) is 0 Å². The highest BCUT2D eigenvalue weighted by Gasteiger charge is 2.01. The van der Waals surface area contributed by atoms with Gasteiger partial charge in [-0.25, -0.2) is 0 Å². The standard InChI is InChI=1S/C20H30O2/c1-3-5-11-19(21)15-13-17-9-7-8-10-18(17)14-16-20(22)12-6-4-2/h7-10,13-16,19-22H,3-6,11-12H2,1-2H3. The monoisotopic (exact) mass is 302 g/mol. The molecule has 0 spiro atoms.